The first-order chi connectivity index (χ1) is 14.1. The van der Waals surface area contributed by atoms with Crippen molar-refractivity contribution in [2.45, 2.75) is 13.7 Å². The number of halogens is 1. The molecule has 7 heteroatoms. The quantitative estimate of drug-likeness (QED) is 0.666. The summed E-state index contributed by atoms with van der Waals surface area (Å²) < 4.78 is 21.3. The lowest BCUT2D eigenvalue weighted by molar-refractivity contribution is 0.0738. The SMILES string of the molecule is Cc1ccccc1OCn1ccc(C(=O)N2CCN(c3ccccc3F)CC2)n1. The Morgan fingerprint density at radius 2 is 1.76 bits per heavy atom. The molecule has 0 radical (unpaired) electrons. The highest BCUT2D eigenvalue weighted by molar-refractivity contribution is 5.92. The summed E-state index contributed by atoms with van der Waals surface area (Å²) in [4.78, 5) is 16.5. The Kier molecular flexibility index (Phi) is 5.46. The van der Waals surface area contributed by atoms with Gasteiger partial charge in [0.1, 0.15) is 11.6 Å². The maximum atomic E-state index is 14.0. The number of hydrogen-bond acceptors (Lipinski definition) is 4. The molecule has 4 rings (SSSR count). The van der Waals surface area contributed by atoms with Crippen LogP contribution in [0.4, 0.5) is 10.1 Å². The molecule has 0 saturated carbocycles. The topological polar surface area (TPSA) is 50.6 Å². The number of anilines is 1. The van der Waals surface area contributed by atoms with Crippen molar-refractivity contribution in [3.63, 3.8) is 0 Å². The van der Waals surface area contributed by atoms with E-state index in [1.165, 1.54) is 6.07 Å². The monoisotopic (exact) mass is 394 g/mol. The van der Waals surface area contributed by atoms with E-state index in [0.29, 0.717) is 37.6 Å². The normalized spacial score (nSPS) is 14.1. The minimum atomic E-state index is -0.236. The van der Waals surface area contributed by atoms with Gasteiger partial charge in [-0.25, -0.2) is 9.07 Å². The Labute approximate surface area is 169 Å². The molecule has 0 spiro atoms. The number of hydrogen-bond donors (Lipinski definition) is 0. The Hall–Kier alpha value is -3.35. The number of carbonyl (C=O) groups excluding carboxylic acids is 1. The third-order valence-corrected chi connectivity index (χ3v) is 5.07. The average molecular weight is 394 g/mol. The second kappa shape index (κ2) is 8.34. The molecule has 29 heavy (non-hydrogen) atoms. The molecule has 1 aliphatic rings. The van der Waals surface area contributed by atoms with Crippen LogP contribution in [0, 0.1) is 12.7 Å². The lowest BCUT2D eigenvalue weighted by Crippen LogP contribution is -2.49. The van der Waals surface area contributed by atoms with Gasteiger partial charge in [-0.2, -0.15) is 5.10 Å². The molecule has 1 saturated heterocycles. The van der Waals surface area contributed by atoms with Gasteiger partial charge in [0.15, 0.2) is 12.4 Å². The first-order valence-corrected chi connectivity index (χ1v) is 9.62. The lowest BCUT2D eigenvalue weighted by atomic mass is 10.2. The van der Waals surface area contributed by atoms with E-state index in [-0.39, 0.29) is 18.5 Å². The zero-order chi connectivity index (χ0) is 20.2. The predicted octanol–water partition coefficient (Wildman–Crippen LogP) is 3.33. The standard InChI is InChI=1S/C22H23FN4O2/c1-17-6-2-5-9-21(17)29-16-27-11-10-19(24-27)22(28)26-14-12-25(13-15-26)20-8-4-3-7-18(20)23/h2-11H,12-16H2,1H3. The fraction of sp³-hybridized carbons (Fsp3) is 0.273. The molecule has 0 aliphatic carbocycles. The van der Waals surface area contributed by atoms with Gasteiger partial charge < -0.3 is 14.5 Å². The Morgan fingerprint density at radius 3 is 2.52 bits per heavy atom. The summed E-state index contributed by atoms with van der Waals surface area (Å²) in [5.41, 5.74) is 2.01. The van der Waals surface area contributed by atoms with Crippen LogP contribution < -0.4 is 9.64 Å². The summed E-state index contributed by atoms with van der Waals surface area (Å²) in [6, 6.07) is 16.2. The van der Waals surface area contributed by atoms with E-state index in [4.69, 9.17) is 4.74 Å². The Morgan fingerprint density at radius 1 is 1.03 bits per heavy atom. The highest BCUT2D eigenvalue weighted by Crippen LogP contribution is 2.21. The molecular formula is C22H23FN4O2. The van der Waals surface area contributed by atoms with Gasteiger partial charge in [0, 0.05) is 32.4 Å². The smallest absolute Gasteiger partial charge is 0.274 e. The summed E-state index contributed by atoms with van der Waals surface area (Å²) >= 11 is 0. The number of para-hydroxylation sites is 2. The maximum Gasteiger partial charge on any atom is 0.274 e. The van der Waals surface area contributed by atoms with Crippen LogP contribution in [0.25, 0.3) is 0 Å². The van der Waals surface area contributed by atoms with Crippen LogP contribution >= 0.6 is 0 Å². The van der Waals surface area contributed by atoms with Gasteiger partial charge in [-0.1, -0.05) is 30.3 Å². The number of nitrogens with zero attached hydrogens (tertiary/aromatic N) is 4. The summed E-state index contributed by atoms with van der Waals surface area (Å²) in [5.74, 6) is 0.438. The molecule has 0 N–H and O–H groups in total. The summed E-state index contributed by atoms with van der Waals surface area (Å²) in [6.07, 6.45) is 1.74. The van der Waals surface area contributed by atoms with Gasteiger partial charge in [0.05, 0.1) is 5.69 Å². The molecule has 0 bridgehead atoms. The minimum Gasteiger partial charge on any atom is -0.471 e. The van der Waals surface area contributed by atoms with Crippen LogP contribution in [0.5, 0.6) is 5.75 Å². The number of amides is 1. The van der Waals surface area contributed by atoms with Gasteiger partial charge >= 0.3 is 0 Å². The molecule has 6 nitrogen and oxygen atoms in total. The Bertz CT molecular complexity index is 996. The zero-order valence-corrected chi connectivity index (χ0v) is 16.3. The molecule has 1 aliphatic heterocycles. The van der Waals surface area contributed by atoms with Crippen molar-refractivity contribution in [3.05, 3.63) is 77.9 Å². The van der Waals surface area contributed by atoms with Crippen LogP contribution in [-0.2, 0) is 6.73 Å². The fourth-order valence-corrected chi connectivity index (χ4v) is 3.42. The van der Waals surface area contributed by atoms with Gasteiger partial charge in [-0.05, 0) is 36.8 Å². The van der Waals surface area contributed by atoms with Crippen molar-refractivity contribution in [2.75, 3.05) is 31.1 Å². The second-order valence-electron chi connectivity index (χ2n) is 7.01. The van der Waals surface area contributed by atoms with Gasteiger partial charge in [-0.15, -0.1) is 0 Å². The molecule has 2 aromatic carbocycles. The number of rotatable bonds is 5. The van der Waals surface area contributed by atoms with Crippen molar-refractivity contribution in [1.29, 1.82) is 0 Å². The molecule has 3 aromatic rings. The summed E-state index contributed by atoms with van der Waals surface area (Å²) in [7, 11) is 0. The van der Waals surface area contributed by atoms with Gasteiger partial charge in [0.25, 0.3) is 5.91 Å². The first-order valence-electron chi connectivity index (χ1n) is 9.62. The van der Waals surface area contributed by atoms with Crippen molar-refractivity contribution in [2.24, 2.45) is 0 Å². The van der Waals surface area contributed by atoms with Crippen LogP contribution in [0.2, 0.25) is 0 Å². The molecule has 0 unspecified atom stereocenters. The van der Waals surface area contributed by atoms with Gasteiger partial charge in [0.2, 0.25) is 0 Å². The minimum absolute atomic E-state index is 0.118. The third kappa shape index (κ3) is 4.23. The maximum absolute atomic E-state index is 14.0. The van der Waals surface area contributed by atoms with E-state index < -0.39 is 0 Å². The predicted molar refractivity (Wildman–Crippen MR) is 109 cm³/mol. The molecule has 1 amide bonds. The van der Waals surface area contributed by atoms with Crippen molar-refractivity contribution >= 4 is 11.6 Å². The van der Waals surface area contributed by atoms with E-state index in [1.807, 2.05) is 42.2 Å². The van der Waals surface area contributed by atoms with Crippen LogP contribution in [0.3, 0.4) is 0 Å². The molecule has 1 fully saturated rings. The number of aryl methyl sites for hydroxylation is 1. The number of ether oxygens (including phenoxy) is 1. The zero-order valence-electron chi connectivity index (χ0n) is 16.3. The fourth-order valence-electron chi connectivity index (χ4n) is 3.42. The molecule has 1 aromatic heterocycles. The number of carbonyl (C=O) groups is 1. The second-order valence-corrected chi connectivity index (χ2v) is 7.01. The van der Waals surface area contributed by atoms with E-state index in [1.54, 1.807) is 34.0 Å². The first kappa shape index (κ1) is 19.0. The average Bonchev–Trinajstić information content (AvgIpc) is 3.22. The third-order valence-electron chi connectivity index (χ3n) is 5.07. The van der Waals surface area contributed by atoms with Crippen molar-refractivity contribution in [1.82, 2.24) is 14.7 Å². The summed E-state index contributed by atoms with van der Waals surface area (Å²) in [6.45, 7) is 4.44. The van der Waals surface area contributed by atoms with Crippen molar-refractivity contribution in [3.8, 4) is 5.75 Å². The van der Waals surface area contributed by atoms with Crippen LogP contribution in [-0.4, -0.2) is 46.8 Å². The van der Waals surface area contributed by atoms with Gasteiger partial charge in [-0.3, -0.25) is 4.79 Å². The number of aromatic nitrogens is 2. The van der Waals surface area contributed by atoms with E-state index >= 15 is 0 Å². The lowest BCUT2D eigenvalue weighted by Gasteiger charge is -2.35. The molecule has 0 atom stereocenters. The van der Waals surface area contributed by atoms with Crippen LogP contribution in [0.1, 0.15) is 16.1 Å². The largest absolute Gasteiger partial charge is 0.471 e. The number of piperazine rings is 1. The Balaban J connectivity index is 1.34. The number of benzene rings is 2. The van der Waals surface area contributed by atoms with E-state index in [2.05, 4.69) is 5.10 Å². The molecule has 2 heterocycles. The summed E-state index contributed by atoms with van der Waals surface area (Å²) in [5, 5.41) is 4.35. The van der Waals surface area contributed by atoms with Crippen LogP contribution in [0.15, 0.2) is 60.8 Å². The van der Waals surface area contributed by atoms with Crippen molar-refractivity contribution < 1.29 is 13.9 Å². The van der Waals surface area contributed by atoms with E-state index in [0.717, 1.165) is 11.3 Å². The van der Waals surface area contributed by atoms with E-state index in [9.17, 15) is 9.18 Å². The molecular weight excluding hydrogens is 371 g/mol. The highest BCUT2D eigenvalue weighted by atomic mass is 19.1. The molecule has 150 valence electrons. The highest BCUT2D eigenvalue weighted by Gasteiger charge is 2.24.